The van der Waals surface area contributed by atoms with Crippen molar-refractivity contribution in [2.75, 3.05) is 24.3 Å². The maximum atomic E-state index is 14.8. The van der Waals surface area contributed by atoms with Crippen LogP contribution in [0.5, 0.6) is 11.5 Å². The van der Waals surface area contributed by atoms with E-state index in [1.165, 1.54) is 36.2 Å². The zero-order valence-electron chi connectivity index (χ0n) is 27.2. The number of unbranched alkanes of at least 4 members (excludes halogenated alkanes) is 1. The minimum Gasteiger partial charge on any atom is -0.497 e. The molecule has 0 saturated heterocycles. The normalized spacial score (nSPS) is 16.9. The van der Waals surface area contributed by atoms with Gasteiger partial charge < -0.3 is 19.5 Å². The van der Waals surface area contributed by atoms with Crippen molar-refractivity contribution in [1.82, 2.24) is 4.31 Å². The Morgan fingerprint density at radius 1 is 1.09 bits per heavy atom. The first-order valence-corrected chi connectivity index (χ1v) is 17.8. The van der Waals surface area contributed by atoms with Gasteiger partial charge in [0.2, 0.25) is 10.0 Å². The van der Waals surface area contributed by atoms with Crippen molar-refractivity contribution < 1.29 is 32.2 Å². The van der Waals surface area contributed by atoms with Crippen molar-refractivity contribution in [2.24, 2.45) is 5.41 Å². The molecule has 0 bridgehead atoms. The topological polar surface area (TPSA) is 96.4 Å². The first-order valence-electron chi connectivity index (χ1n) is 15.4. The fourth-order valence-electron chi connectivity index (χ4n) is 5.37. The first-order chi connectivity index (χ1) is 21.8. The van der Waals surface area contributed by atoms with Crippen LogP contribution in [0.3, 0.4) is 0 Å². The molecule has 0 saturated carbocycles. The second-order valence-corrected chi connectivity index (χ2v) is 15.4. The molecular weight excluding hydrogens is 628 g/mol. The molecule has 4 rings (SSSR count). The maximum Gasteiger partial charge on any atom is 0.335 e. The van der Waals surface area contributed by atoms with Crippen LogP contribution >= 0.6 is 11.8 Å². The van der Waals surface area contributed by atoms with Gasteiger partial charge in [0.15, 0.2) is 0 Å². The van der Waals surface area contributed by atoms with E-state index in [0.717, 1.165) is 18.4 Å². The molecule has 0 spiro atoms. The molecule has 3 aromatic rings. The highest BCUT2D eigenvalue weighted by Gasteiger charge is 2.40. The number of fused-ring (bicyclic) bond motifs is 1. The number of rotatable bonds is 12. The average Bonchev–Trinajstić information content (AvgIpc) is 3.08. The molecule has 1 atom stereocenters. The van der Waals surface area contributed by atoms with E-state index >= 15 is 0 Å². The average molecular weight is 671 g/mol. The lowest BCUT2D eigenvalue weighted by Gasteiger charge is -2.31. The van der Waals surface area contributed by atoms with Gasteiger partial charge in [0.05, 0.1) is 23.3 Å². The molecule has 8 nitrogen and oxygen atoms in total. The molecule has 1 aliphatic rings. The number of anilines is 2. The van der Waals surface area contributed by atoms with Crippen LogP contribution in [0.1, 0.15) is 59.4 Å². The van der Waals surface area contributed by atoms with Crippen molar-refractivity contribution in [1.29, 1.82) is 0 Å². The number of carbonyl (C=O) groups is 1. The molecule has 11 heteroatoms. The zero-order chi connectivity index (χ0) is 33.6. The van der Waals surface area contributed by atoms with E-state index in [4.69, 9.17) is 9.47 Å². The van der Waals surface area contributed by atoms with Crippen LogP contribution in [0.2, 0.25) is 0 Å². The zero-order valence-corrected chi connectivity index (χ0v) is 28.9. The molecule has 0 fully saturated rings. The molecule has 3 aromatic carbocycles. The summed E-state index contributed by atoms with van der Waals surface area (Å²) in [6.07, 6.45) is 3.52. The number of thioether (sulfide) groups is 1. The summed E-state index contributed by atoms with van der Waals surface area (Å²) in [6, 6.07) is 16.3. The number of hydrogen-bond donors (Lipinski definition) is 1. The predicted molar refractivity (Wildman–Crippen MR) is 181 cm³/mol. The summed E-state index contributed by atoms with van der Waals surface area (Å²) in [5.41, 5.74) is 1.24. The minimum absolute atomic E-state index is 0.0285. The number of sulfonamides is 1. The van der Waals surface area contributed by atoms with Gasteiger partial charge in [-0.1, -0.05) is 59.6 Å². The van der Waals surface area contributed by atoms with Crippen molar-refractivity contribution in [3.8, 4) is 11.5 Å². The van der Waals surface area contributed by atoms with E-state index < -0.39 is 27.4 Å². The summed E-state index contributed by atoms with van der Waals surface area (Å²) in [5.74, 6) is 0.0697. The lowest BCUT2D eigenvalue weighted by molar-refractivity contribution is -0.133. The van der Waals surface area contributed by atoms with Gasteiger partial charge in [0.1, 0.15) is 28.5 Å². The third-order valence-corrected chi connectivity index (χ3v) is 10.7. The van der Waals surface area contributed by atoms with E-state index in [9.17, 15) is 22.7 Å². The van der Waals surface area contributed by atoms with Crippen LogP contribution in [-0.4, -0.2) is 49.2 Å². The predicted octanol–water partition coefficient (Wildman–Crippen LogP) is 8.24. The summed E-state index contributed by atoms with van der Waals surface area (Å²) >= 11 is 1.46. The number of carboxylic acids is 1. The summed E-state index contributed by atoms with van der Waals surface area (Å²) in [4.78, 5) is 14.7. The molecule has 0 aliphatic carbocycles. The monoisotopic (exact) mass is 670 g/mol. The number of nitrogens with zero attached hydrogens (tertiary/aromatic N) is 2. The number of halogens is 1. The Bertz CT molecular complexity index is 1650. The first kappa shape index (κ1) is 35.3. The highest BCUT2D eigenvalue weighted by molar-refractivity contribution is 7.99. The van der Waals surface area contributed by atoms with Gasteiger partial charge in [-0.3, -0.25) is 0 Å². The molecule has 248 valence electrons. The van der Waals surface area contributed by atoms with Crippen LogP contribution in [0.4, 0.5) is 15.8 Å². The van der Waals surface area contributed by atoms with Gasteiger partial charge in [-0.05, 0) is 65.6 Å². The molecule has 46 heavy (non-hydrogen) atoms. The van der Waals surface area contributed by atoms with Gasteiger partial charge in [-0.25, -0.2) is 17.6 Å². The largest absolute Gasteiger partial charge is 0.497 e. The lowest BCUT2D eigenvalue weighted by Crippen LogP contribution is -2.43. The molecule has 1 N–H and O–H groups in total. The molecule has 1 heterocycles. The quantitative estimate of drug-likeness (QED) is 0.117. The molecule has 1 unspecified atom stereocenters. The molecular formula is C35H43FN2O6S2. The minimum atomic E-state index is -4.14. The lowest BCUT2D eigenvalue weighted by atomic mass is 9.87. The fraction of sp³-hybridized carbons (Fsp3) is 0.400. The van der Waals surface area contributed by atoms with Crippen LogP contribution in [0, 0.1) is 11.2 Å². The van der Waals surface area contributed by atoms with Gasteiger partial charge in [0.25, 0.3) is 0 Å². The number of aliphatic carboxylic acids is 1. The Labute approximate surface area is 276 Å². The van der Waals surface area contributed by atoms with E-state index in [-0.39, 0.29) is 28.6 Å². The van der Waals surface area contributed by atoms with E-state index in [1.54, 1.807) is 62.5 Å². The smallest absolute Gasteiger partial charge is 0.335 e. The highest BCUT2D eigenvalue weighted by Crippen LogP contribution is 2.45. The van der Waals surface area contributed by atoms with Gasteiger partial charge in [-0.15, -0.1) is 11.8 Å². The fourth-order valence-corrected chi connectivity index (χ4v) is 7.95. The number of carboxylic acid groups (broad SMARTS) is 1. The van der Waals surface area contributed by atoms with Crippen LogP contribution in [0.25, 0.3) is 0 Å². The molecule has 1 aliphatic heterocycles. The maximum absolute atomic E-state index is 14.8. The number of benzene rings is 3. The Balaban J connectivity index is 1.96. The third-order valence-electron chi connectivity index (χ3n) is 7.87. The van der Waals surface area contributed by atoms with Crippen LogP contribution in [-0.2, 0) is 21.4 Å². The van der Waals surface area contributed by atoms with E-state index in [2.05, 4.69) is 6.92 Å². The van der Waals surface area contributed by atoms with Crippen molar-refractivity contribution in [3.63, 3.8) is 0 Å². The van der Waals surface area contributed by atoms with Crippen molar-refractivity contribution >= 4 is 39.1 Å². The van der Waals surface area contributed by atoms with E-state index in [0.29, 0.717) is 40.7 Å². The summed E-state index contributed by atoms with van der Waals surface area (Å²) < 4.78 is 56.6. The Morgan fingerprint density at radius 3 is 2.33 bits per heavy atom. The van der Waals surface area contributed by atoms with Gasteiger partial charge in [-0.2, -0.15) is 4.31 Å². The second kappa shape index (κ2) is 14.9. The number of methoxy groups -OCH3 is 1. The van der Waals surface area contributed by atoms with Crippen LogP contribution in [0.15, 0.2) is 82.3 Å². The second-order valence-electron chi connectivity index (χ2n) is 12.2. The molecule has 0 radical (unpaired) electrons. The van der Waals surface area contributed by atoms with Crippen molar-refractivity contribution in [2.45, 2.75) is 76.3 Å². The van der Waals surface area contributed by atoms with Crippen molar-refractivity contribution in [3.05, 3.63) is 83.9 Å². The number of hydrogen-bond acceptors (Lipinski definition) is 7. The Hall–Kier alpha value is -3.54. The highest BCUT2D eigenvalue weighted by atomic mass is 32.2. The van der Waals surface area contributed by atoms with Gasteiger partial charge >= 0.3 is 5.97 Å². The molecule has 0 aromatic heterocycles. The summed E-state index contributed by atoms with van der Waals surface area (Å²) in [5, 5.41) is 9.86. The van der Waals surface area contributed by atoms with E-state index in [1.807, 2.05) is 24.0 Å². The third kappa shape index (κ3) is 8.05. The summed E-state index contributed by atoms with van der Waals surface area (Å²) in [6.45, 7) is 9.83. The SMILES string of the molecule is CCCCC1CN(c2ccc(F)cc2)c2cc(SCC)c(O/C=C(/C(=O)O)C(C)(C)C)cc2S(=O)(=O)N1Cc1ccc(OC)cc1. The Kier molecular flexibility index (Phi) is 11.5. The molecule has 0 amide bonds. The van der Waals surface area contributed by atoms with Crippen LogP contribution < -0.4 is 14.4 Å². The van der Waals surface area contributed by atoms with Gasteiger partial charge in [0, 0.05) is 30.9 Å². The standard InChI is InChI=1S/C35H43FN2O6S2/c1-7-9-10-27-22-37(26-15-13-25(36)14-16-26)30-19-32(45-8-2)31(44-23-29(34(39)40)35(3,4)5)20-33(30)46(41,42)38(27)21-24-11-17-28(43-6)18-12-24/h11-20,23,27H,7-10,21-22H2,1-6H3,(H,39,40)/b29-23-. The Morgan fingerprint density at radius 2 is 1.76 bits per heavy atom. The summed E-state index contributed by atoms with van der Waals surface area (Å²) in [7, 11) is -2.56. The number of ether oxygens (including phenoxy) is 2.